The van der Waals surface area contributed by atoms with E-state index in [1.54, 1.807) is 16.5 Å². The van der Waals surface area contributed by atoms with Crippen LogP contribution in [0.15, 0.2) is 42.6 Å². The Labute approximate surface area is 115 Å². The van der Waals surface area contributed by atoms with Crippen molar-refractivity contribution in [3.05, 3.63) is 53.7 Å². The highest BCUT2D eigenvalue weighted by Gasteiger charge is 2.15. The Morgan fingerprint density at radius 2 is 2.05 bits per heavy atom. The molecule has 0 amide bonds. The second-order valence-corrected chi connectivity index (χ2v) is 4.50. The fraction of sp³-hybridized carbons (Fsp3) is 0.133. The molecule has 0 saturated heterocycles. The smallest absolute Gasteiger partial charge is 0.341 e. The number of rotatable bonds is 2. The van der Waals surface area contributed by atoms with Crippen molar-refractivity contribution in [2.24, 2.45) is 0 Å². The third-order valence-corrected chi connectivity index (χ3v) is 3.12. The summed E-state index contributed by atoms with van der Waals surface area (Å²) in [6, 6.07) is 11.4. The van der Waals surface area contributed by atoms with E-state index < -0.39 is 5.97 Å². The first kappa shape index (κ1) is 12.3. The fourth-order valence-corrected chi connectivity index (χ4v) is 2.17. The third kappa shape index (κ3) is 1.93. The number of esters is 1. The van der Waals surface area contributed by atoms with Gasteiger partial charge < -0.3 is 4.74 Å². The monoisotopic (exact) mass is 267 g/mol. The summed E-state index contributed by atoms with van der Waals surface area (Å²) in [4.78, 5) is 11.7. The lowest BCUT2D eigenvalue weighted by atomic mass is 10.1. The molecule has 3 aromatic rings. The van der Waals surface area contributed by atoms with Crippen molar-refractivity contribution in [2.45, 2.75) is 6.92 Å². The number of methoxy groups -OCH3 is 1. The van der Waals surface area contributed by atoms with Gasteiger partial charge in [-0.1, -0.05) is 23.8 Å². The molecule has 5 heteroatoms. The van der Waals surface area contributed by atoms with Crippen LogP contribution in [0.25, 0.3) is 17.0 Å². The van der Waals surface area contributed by atoms with E-state index in [1.165, 1.54) is 7.11 Å². The number of hydrogen-bond acceptors (Lipinski definition) is 4. The lowest BCUT2D eigenvalue weighted by Gasteiger charge is -2.03. The number of ether oxygens (including phenoxy) is 1. The number of hydrogen-bond donors (Lipinski definition) is 0. The maximum atomic E-state index is 11.7. The molecule has 0 radical (unpaired) electrons. The molecule has 2 heterocycles. The van der Waals surface area contributed by atoms with Crippen LogP contribution in [0.1, 0.15) is 15.9 Å². The van der Waals surface area contributed by atoms with Crippen LogP contribution in [0.4, 0.5) is 0 Å². The van der Waals surface area contributed by atoms with Crippen molar-refractivity contribution in [3.63, 3.8) is 0 Å². The van der Waals surface area contributed by atoms with Crippen LogP contribution in [-0.2, 0) is 4.74 Å². The van der Waals surface area contributed by atoms with E-state index in [0.717, 1.165) is 11.1 Å². The summed E-state index contributed by atoms with van der Waals surface area (Å²) < 4.78 is 6.55. The second-order valence-electron chi connectivity index (χ2n) is 4.50. The predicted molar refractivity (Wildman–Crippen MR) is 74.5 cm³/mol. The van der Waals surface area contributed by atoms with Crippen LogP contribution >= 0.6 is 0 Å². The van der Waals surface area contributed by atoms with Gasteiger partial charge in [0.2, 0.25) is 0 Å². The van der Waals surface area contributed by atoms with E-state index in [1.807, 2.05) is 37.4 Å². The summed E-state index contributed by atoms with van der Waals surface area (Å²) in [5.74, 6) is 0.285. The minimum absolute atomic E-state index is 0.404. The molecule has 3 rings (SSSR count). The standard InChI is InChI=1S/C15H13N3O2/c1-10-5-3-6-11(9-10)13-16-17-14-12(15(19)20-2)7-4-8-18(13)14/h3-9H,1-2H3. The predicted octanol–water partition coefficient (Wildman–Crippen LogP) is 2.49. The molecule has 0 aliphatic heterocycles. The molecule has 0 bridgehead atoms. The van der Waals surface area contributed by atoms with Crippen molar-refractivity contribution in [1.82, 2.24) is 14.6 Å². The lowest BCUT2D eigenvalue weighted by Crippen LogP contribution is -2.04. The molecule has 20 heavy (non-hydrogen) atoms. The maximum Gasteiger partial charge on any atom is 0.341 e. The summed E-state index contributed by atoms with van der Waals surface area (Å²) in [7, 11) is 1.35. The van der Waals surface area contributed by atoms with Crippen molar-refractivity contribution >= 4 is 11.6 Å². The van der Waals surface area contributed by atoms with Gasteiger partial charge in [0.25, 0.3) is 0 Å². The summed E-state index contributed by atoms with van der Waals surface area (Å²) in [6.45, 7) is 2.02. The Morgan fingerprint density at radius 1 is 1.20 bits per heavy atom. The van der Waals surface area contributed by atoms with E-state index in [0.29, 0.717) is 17.0 Å². The lowest BCUT2D eigenvalue weighted by molar-refractivity contribution is 0.0602. The third-order valence-electron chi connectivity index (χ3n) is 3.12. The second kappa shape index (κ2) is 4.77. The van der Waals surface area contributed by atoms with E-state index in [9.17, 15) is 4.79 Å². The van der Waals surface area contributed by atoms with Crippen LogP contribution in [-0.4, -0.2) is 27.7 Å². The Bertz CT molecular complexity index is 793. The molecule has 0 fully saturated rings. The Morgan fingerprint density at radius 3 is 2.80 bits per heavy atom. The summed E-state index contributed by atoms with van der Waals surface area (Å²) in [5.41, 5.74) is 3.00. The SMILES string of the molecule is COC(=O)c1cccn2c(-c3cccc(C)c3)nnc12. The number of benzene rings is 1. The van der Waals surface area contributed by atoms with E-state index in [-0.39, 0.29) is 0 Å². The molecule has 100 valence electrons. The van der Waals surface area contributed by atoms with E-state index in [4.69, 9.17) is 4.74 Å². The number of fused-ring (bicyclic) bond motifs is 1. The quantitative estimate of drug-likeness (QED) is 0.669. The highest BCUT2D eigenvalue weighted by Crippen LogP contribution is 2.21. The fourth-order valence-electron chi connectivity index (χ4n) is 2.17. The van der Waals surface area contributed by atoms with Gasteiger partial charge in [-0.25, -0.2) is 4.79 Å². The van der Waals surface area contributed by atoms with Gasteiger partial charge in [-0.3, -0.25) is 4.40 Å². The molecule has 5 nitrogen and oxygen atoms in total. The van der Waals surface area contributed by atoms with Gasteiger partial charge in [0.1, 0.15) is 5.56 Å². The van der Waals surface area contributed by atoms with E-state index >= 15 is 0 Å². The topological polar surface area (TPSA) is 56.5 Å². The average molecular weight is 267 g/mol. The van der Waals surface area contributed by atoms with Crippen LogP contribution in [0.3, 0.4) is 0 Å². The zero-order chi connectivity index (χ0) is 14.1. The largest absolute Gasteiger partial charge is 0.465 e. The van der Waals surface area contributed by atoms with Gasteiger partial charge in [0.05, 0.1) is 7.11 Å². The molecule has 0 saturated carbocycles. The Kier molecular flexibility index (Phi) is 2.95. The van der Waals surface area contributed by atoms with Crippen LogP contribution in [0.2, 0.25) is 0 Å². The molecule has 0 unspecified atom stereocenters. The highest BCUT2D eigenvalue weighted by molar-refractivity contribution is 5.95. The first-order valence-electron chi connectivity index (χ1n) is 6.20. The average Bonchev–Trinajstić information content (AvgIpc) is 2.90. The molecule has 0 spiro atoms. The zero-order valence-electron chi connectivity index (χ0n) is 11.2. The Balaban J connectivity index is 2.22. The molecule has 0 aliphatic carbocycles. The van der Waals surface area contributed by atoms with E-state index in [2.05, 4.69) is 10.2 Å². The van der Waals surface area contributed by atoms with Gasteiger partial charge in [-0.05, 0) is 25.1 Å². The van der Waals surface area contributed by atoms with Crippen molar-refractivity contribution in [3.8, 4) is 11.4 Å². The summed E-state index contributed by atoms with van der Waals surface area (Å²) in [6.07, 6.45) is 1.83. The van der Waals surface area contributed by atoms with Crippen molar-refractivity contribution in [1.29, 1.82) is 0 Å². The number of carbonyl (C=O) groups excluding carboxylic acids is 1. The van der Waals surface area contributed by atoms with Crippen LogP contribution in [0, 0.1) is 6.92 Å². The molecule has 2 aromatic heterocycles. The molecule has 0 aliphatic rings. The van der Waals surface area contributed by atoms with Crippen molar-refractivity contribution < 1.29 is 9.53 Å². The molecular formula is C15H13N3O2. The minimum atomic E-state index is -0.418. The van der Waals surface area contributed by atoms with Gasteiger partial charge in [0.15, 0.2) is 11.5 Å². The molecule has 1 aromatic carbocycles. The summed E-state index contributed by atoms with van der Waals surface area (Å²) in [5, 5.41) is 8.30. The molecule has 0 atom stereocenters. The normalized spacial score (nSPS) is 10.7. The summed E-state index contributed by atoms with van der Waals surface area (Å²) >= 11 is 0. The first-order chi connectivity index (χ1) is 9.70. The molecule has 0 N–H and O–H groups in total. The number of carbonyl (C=O) groups is 1. The highest BCUT2D eigenvalue weighted by atomic mass is 16.5. The maximum absolute atomic E-state index is 11.7. The number of nitrogens with zero attached hydrogens (tertiary/aromatic N) is 3. The minimum Gasteiger partial charge on any atom is -0.465 e. The van der Waals surface area contributed by atoms with Gasteiger partial charge >= 0.3 is 5.97 Å². The molecular weight excluding hydrogens is 254 g/mol. The first-order valence-corrected chi connectivity index (χ1v) is 6.20. The van der Waals surface area contributed by atoms with Gasteiger partial charge in [-0.2, -0.15) is 0 Å². The van der Waals surface area contributed by atoms with Crippen LogP contribution < -0.4 is 0 Å². The van der Waals surface area contributed by atoms with Gasteiger partial charge in [-0.15, -0.1) is 10.2 Å². The number of aromatic nitrogens is 3. The Hall–Kier alpha value is -2.69. The zero-order valence-corrected chi connectivity index (χ0v) is 11.2. The van der Waals surface area contributed by atoms with Gasteiger partial charge in [0, 0.05) is 11.8 Å². The number of aryl methyl sites for hydroxylation is 1. The van der Waals surface area contributed by atoms with Crippen LogP contribution in [0.5, 0.6) is 0 Å². The number of pyridine rings is 1. The van der Waals surface area contributed by atoms with Crippen molar-refractivity contribution in [2.75, 3.05) is 7.11 Å².